The van der Waals surface area contributed by atoms with E-state index in [4.69, 9.17) is 11.5 Å². The number of carbonyl (C=O) groups excluding carboxylic acids is 1. The van der Waals surface area contributed by atoms with Crippen molar-refractivity contribution in [3.63, 3.8) is 0 Å². The number of benzene rings is 2. The van der Waals surface area contributed by atoms with Crippen molar-refractivity contribution >= 4 is 34.7 Å². The maximum Gasteiger partial charge on any atom is 0.258 e. The van der Waals surface area contributed by atoms with Gasteiger partial charge < -0.3 is 16.4 Å². The van der Waals surface area contributed by atoms with Gasteiger partial charge in [0.05, 0.1) is 5.69 Å². The summed E-state index contributed by atoms with van der Waals surface area (Å²) in [6, 6.07) is 12.9. The summed E-state index contributed by atoms with van der Waals surface area (Å²) in [5.74, 6) is 0.831. The van der Waals surface area contributed by atoms with E-state index in [9.17, 15) is 4.79 Å². The van der Waals surface area contributed by atoms with Crippen molar-refractivity contribution < 1.29 is 4.79 Å². The van der Waals surface area contributed by atoms with Crippen LogP contribution in [-0.2, 0) is 0 Å². The van der Waals surface area contributed by atoms with Gasteiger partial charge in [-0.15, -0.1) is 11.8 Å². The van der Waals surface area contributed by atoms with Gasteiger partial charge >= 0.3 is 0 Å². The molecule has 0 saturated heterocycles. The Morgan fingerprint density at radius 1 is 1.10 bits per heavy atom. The van der Waals surface area contributed by atoms with E-state index in [2.05, 4.69) is 0 Å². The monoisotopic (exact) mass is 285 g/mol. The van der Waals surface area contributed by atoms with Crippen molar-refractivity contribution in [2.45, 2.75) is 4.90 Å². The second kappa shape index (κ2) is 5.09. The molecule has 0 spiro atoms. The third-order valence-electron chi connectivity index (χ3n) is 3.20. The zero-order valence-corrected chi connectivity index (χ0v) is 11.7. The predicted octanol–water partition coefficient (Wildman–Crippen LogP) is 2.60. The van der Waals surface area contributed by atoms with E-state index < -0.39 is 0 Å². The number of amides is 1. The molecule has 3 rings (SSSR count). The highest BCUT2D eigenvalue weighted by molar-refractivity contribution is 7.99. The molecule has 4 N–H and O–H groups in total. The smallest absolute Gasteiger partial charge is 0.258 e. The zero-order chi connectivity index (χ0) is 14.1. The number of anilines is 3. The summed E-state index contributed by atoms with van der Waals surface area (Å²) in [5, 5.41) is 0. The molecule has 0 atom stereocenters. The average molecular weight is 285 g/mol. The van der Waals surface area contributed by atoms with Crippen LogP contribution in [0.5, 0.6) is 0 Å². The van der Waals surface area contributed by atoms with Gasteiger partial charge in [-0.05, 0) is 30.3 Å². The summed E-state index contributed by atoms with van der Waals surface area (Å²) < 4.78 is 0. The lowest BCUT2D eigenvalue weighted by atomic mass is 10.1. The lowest BCUT2D eigenvalue weighted by Gasteiger charge is -2.29. The minimum atomic E-state index is -0.0586. The number of rotatable bonds is 1. The van der Waals surface area contributed by atoms with Crippen LogP contribution in [0.3, 0.4) is 0 Å². The van der Waals surface area contributed by atoms with Gasteiger partial charge in [-0.1, -0.05) is 12.1 Å². The first-order chi connectivity index (χ1) is 9.65. The number of nitrogen functional groups attached to an aromatic ring is 2. The van der Waals surface area contributed by atoms with Crippen LogP contribution in [0, 0.1) is 0 Å². The highest BCUT2D eigenvalue weighted by Crippen LogP contribution is 2.35. The molecule has 0 aliphatic carbocycles. The summed E-state index contributed by atoms with van der Waals surface area (Å²) in [7, 11) is 0. The van der Waals surface area contributed by atoms with Crippen molar-refractivity contribution in [3.05, 3.63) is 48.0 Å². The fourth-order valence-electron chi connectivity index (χ4n) is 2.34. The van der Waals surface area contributed by atoms with E-state index in [1.165, 1.54) is 0 Å². The van der Waals surface area contributed by atoms with Crippen molar-refractivity contribution in [1.29, 1.82) is 0 Å². The Morgan fingerprint density at radius 2 is 1.80 bits per heavy atom. The molecule has 1 heterocycles. The molecule has 5 heteroatoms. The standard InChI is InChI=1S/C15H15N3OS/c16-11-7-10(8-12(17)9-11)15(19)18-5-6-20-14-4-2-1-3-13(14)18/h1-4,7-9H,5-6,16-17H2. The molecule has 102 valence electrons. The first-order valence-electron chi connectivity index (χ1n) is 6.35. The highest BCUT2D eigenvalue weighted by Gasteiger charge is 2.23. The first-order valence-corrected chi connectivity index (χ1v) is 7.33. The molecular weight excluding hydrogens is 270 g/mol. The van der Waals surface area contributed by atoms with Gasteiger partial charge in [0.1, 0.15) is 0 Å². The Morgan fingerprint density at radius 3 is 2.55 bits per heavy atom. The van der Waals surface area contributed by atoms with Crippen molar-refractivity contribution in [3.8, 4) is 0 Å². The lowest BCUT2D eigenvalue weighted by Crippen LogP contribution is -2.35. The minimum absolute atomic E-state index is 0.0586. The van der Waals surface area contributed by atoms with Crippen molar-refractivity contribution in [2.24, 2.45) is 0 Å². The van der Waals surface area contributed by atoms with Crippen LogP contribution in [0.1, 0.15) is 10.4 Å². The van der Waals surface area contributed by atoms with E-state index >= 15 is 0 Å². The number of para-hydroxylation sites is 1. The van der Waals surface area contributed by atoms with Gasteiger partial charge in [0.25, 0.3) is 5.91 Å². The van der Waals surface area contributed by atoms with Crippen LogP contribution in [0.25, 0.3) is 0 Å². The summed E-state index contributed by atoms with van der Waals surface area (Å²) in [6.45, 7) is 0.690. The van der Waals surface area contributed by atoms with Crippen LogP contribution in [0.2, 0.25) is 0 Å². The molecule has 0 unspecified atom stereocenters. The summed E-state index contributed by atoms with van der Waals surface area (Å²) in [5.41, 5.74) is 14.0. The molecule has 0 saturated carbocycles. The first kappa shape index (κ1) is 12.9. The molecule has 4 nitrogen and oxygen atoms in total. The van der Waals surface area contributed by atoms with Gasteiger partial charge in [-0.25, -0.2) is 0 Å². The second-order valence-corrected chi connectivity index (χ2v) is 5.80. The Kier molecular flexibility index (Phi) is 3.28. The zero-order valence-electron chi connectivity index (χ0n) is 10.9. The van der Waals surface area contributed by atoms with E-state index in [0.717, 1.165) is 16.3 Å². The van der Waals surface area contributed by atoms with Gasteiger partial charge in [0.2, 0.25) is 0 Å². The molecule has 1 amide bonds. The molecule has 1 aliphatic heterocycles. The van der Waals surface area contributed by atoms with Gasteiger partial charge in [0, 0.05) is 34.1 Å². The third-order valence-corrected chi connectivity index (χ3v) is 4.24. The van der Waals surface area contributed by atoms with Gasteiger partial charge in [-0.2, -0.15) is 0 Å². The molecule has 2 aromatic carbocycles. The number of thioether (sulfide) groups is 1. The summed E-state index contributed by atoms with van der Waals surface area (Å²) in [4.78, 5) is 15.6. The largest absolute Gasteiger partial charge is 0.399 e. The predicted molar refractivity (Wildman–Crippen MR) is 84.1 cm³/mol. The summed E-state index contributed by atoms with van der Waals surface area (Å²) in [6.07, 6.45) is 0. The molecule has 0 aromatic heterocycles. The molecule has 0 fully saturated rings. The number of nitrogens with zero attached hydrogens (tertiary/aromatic N) is 1. The quantitative estimate of drug-likeness (QED) is 0.790. The van der Waals surface area contributed by atoms with Crippen LogP contribution in [0.15, 0.2) is 47.4 Å². The topological polar surface area (TPSA) is 72.3 Å². The lowest BCUT2D eigenvalue weighted by molar-refractivity contribution is 0.0988. The van der Waals surface area contributed by atoms with Crippen LogP contribution >= 0.6 is 11.8 Å². The Bertz CT molecular complexity index is 652. The molecule has 20 heavy (non-hydrogen) atoms. The van der Waals surface area contributed by atoms with E-state index in [-0.39, 0.29) is 5.91 Å². The fraction of sp³-hybridized carbons (Fsp3) is 0.133. The van der Waals surface area contributed by atoms with Crippen LogP contribution in [-0.4, -0.2) is 18.2 Å². The molecule has 0 bridgehead atoms. The van der Waals surface area contributed by atoms with E-state index in [1.807, 2.05) is 24.3 Å². The number of nitrogens with two attached hydrogens (primary N) is 2. The van der Waals surface area contributed by atoms with E-state index in [0.29, 0.717) is 23.5 Å². The minimum Gasteiger partial charge on any atom is -0.399 e. The second-order valence-electron chi connectivity index (χ2n) is 4.66. The maximum atomic E-state index is 12.7. The fourth-order valence-corrected chi connectivity index (χ4v) is 3.33. The number of hydrogen-bond acceptors (Lipinski definition) is 4. The average Bonchev–Trinajstić information content (AvgIpc) is 2.45. The molecule has 0 radical (unpaired) electrons. The number of carbonyl (C=O) groups is 1. The van der Waals surface area contributed by atoms with Crippen LogP contribution < -0.4 is 16.4 Å². The Balaban J connectivity index is 1.99. The number of fused-ring (bicyclic) bond motifs is 1. The summed E-state index contributed by atoms with van der Waals surface area (Å²) >= 11 is 1.77. The highest BCUT2D eigenvalue weighted by atomic mass is 32.2. The third kappa shape index (κ3) is 2.32. The maximum absolute atomic E-state index is 12.7. The number of hydrogen-bond donors (Lipinski definition) is 2. The van der Waals surface area contributed by atoms with Crippen LogP contribution in [0.4, 0.5) is 17.1 Å². The normalized spacial score (nSPS) is 13.9. The molecular formula is C15H15N3OS. The van der Waals surface area contributed by atoms with E-state index in [1.54, 1.807) is 34.9 Å². The van der Waals surface area contributed by atoms with Crippen molar-refractivity contribution in [2.75, 3.05) is 28.7 Å². The van der Waals surface area contributed by atoms with Crippen molar-refractivity contribution in [1.82, 2.24) is 0 Å². The molecule has 1 aliphatic rings. The molecule has 2 aromatic rings. The Hall–Kier alpha value is -2.14. The van der Waals surface area contributed by atoms with Gasteiger partial charge in [-0.3, -0.25) is 4.79 Å². The SMILES string of the molecule is Nc1cc(N)cc(C(=O)N2CCSc3ccccc32)c1. The van der Waals surface area contributed by atoms with Gasteiger partial charge in [0.15, 0.2) is 0 Å². The Labute approximate surface area is 121 Å².